The fraction of sp³-hybridized carbons (Fsp3) is 0.0556. The molecule has 4 heteroatoms. The van der Waals surface area contributed by atoms with Crippen LogP contribution in [0.4, 0.5) is 0 Å². The molecule has 0 fully saturated rings. The number of fused-ring (bicyclic) bond motifs is 1. The Labute approximate surface area is 137 Å². The van der Waals surface area contributed by atoms with Crippen LogP contribution in [0.15, 0.2) is 67.0 Å². The molecule has 0 saturated heterocycles. The Kier molecular flexibility index (Phi) is 3.45. The third-order valence-electron chi connectivity index (χ3n) is 3.54. The molecule has 0 unspecified atom stereocenters. The molecule has 0 spiro atoms. The van der Waals surface area contributed by atoms with Crippen LogP contribution in [0.5, 0.6) is 0 Å². The quantitative estimate of drug-likeness (QED) is 0.499. The zero-order valence-electron chi connectivity index (χ0n) is 11.7. The Morgan fingerprint density at radius 3 is 2.64 bits per heavy atom. The molecular weight excluding hydrogens is 312 g/mol. The predicted octanol–water partition coefficient (Wildman–Crippen LogP) is 5.31. The maximum absolute atomic E-state index is 6.04. The highest BCUT2D eigenvalue weighted by molar-refractivity contribution is 7.17. The summed E-state index contributed by atoms with van der Waals surface area (Å²) in [6.45, 7) is 0. The smallest absolute Gasteiger partial charge is 0.194 e. The summed E-state index contributed by atoms with van der Waals surface area (Å²) in [5.41, 5.74) is 3.39. The zero-order valence-corrected chi connectivity index (χ0v) is 13.3. The minimum Gasteiger partial charge on any atom is -0.297 e. The summed E-state index contributed by atoms with van der Waals surface area (Å²) < 4.78 is 2.10. The fourth-order valence-electron chi connectivity index (χ4n) is 2.52. The van der Waals surface area contributed by atoms with E-state index in [1.54, 1.807) is 11.3 Å². The number of hydrogen-bond donors (Lipinski definition) is 0. The zero-order chi connectivity index (χ0) is 14.9. The summed E-state index contributed by atoms with van der Waals surface area (Å²) in [6.07, 6.45) is 5.12. The van der Waals surface area contributed by atoms with E-state index in [2.05, 4.69) is 35.0 Å². The SMILES string of the molecule is Clc1cccc(Cc2cn3cc(-c4ccccc4)nc3s2)c1. The van der Waals surface area contributed by atoms with E-state index in [9.17, 15) is 0 Å². The van der Waals surface area contributed by atoms with Crippen molar-refractivity contribution in [3.8, 4) is 11.3 Å². The monoisotopic (exact) mass is 324 g/mol. The Hall–Kier alpha value is -2.10. The van der Waals surface area contributed by atoms with Gasteiger partial charge in [-0.2, -0.15) is 0 Å². The topological polar surface area (TPSA) is 17.3 Å². The van der Waals surface area contributed by atoms with Crippen molar-refractivity contribution in [3.63, 3.8) is 0 Å². The van der Waals surface area contributed by atoms with Crippen molar-refractivity contribution in [1.82, 2.24) is 9.38 Å². The molecule has 0 amide bonds. The summed E-state index contributed by atoms with van der Waals surface area (Å²) in [5, 5.41) is 0.783. The van der Waals surface area contributed by atoms with E-state index in [1.807, 2.05) is 36.4 Å². The molecule has 4 rings (SSSR count). The maximum atomic E-state index is 6.04. The highest BCUT2D eigenvalue weighted by Gasteiger charge is 2.08. The molecule has 0 aliphatic heterocycles. The molecule has 0 aliphatic carbocycles. The third kappa shape index (κ3) is 2.65. The van der Waals surface area contributed by atoms with E-state index in [-0.39, 0.29) is 0 Å². The van der Waals surface area contributed by atoms with Gasteiger partial charge >= 0.3 is 0 Å². The molecular formula is C18H13ClN2S. The van der Waals surface area contributed by atoms with Crippen molar-refractivity contribution in [1.29, 1.82) is 0 Å². The van der Waals surface area contributed by atoms with Gasteiger partial charge in [0.15, 0.2) is 4.96 Å². The minimum atomic E-state index is 0.783. The average Bonchev–Trinajstić information content (AvgIpc) is 3.06. The molecule has 0 bridgehead atoms. The molecule has 0 radical (unpaired) electrons. The molecule has 22 heavy (non-hydrogen) atoms. The van der Waals surface area contributed by atoms with Gasteiger partial charge in [-0.1, -0.05) is 54.1 Å². The lowest BCUT2D eigenvalue weighted by Crippen LogP contribution is -1.84. The predicted molar refractivity (Wildman–Crippen MR) is 92.8 cm³/mol. The summed E-state index contributed by atoms with van der Waals surface area (Å²) in [5.74, 6) is 0. The van der Waals surface area contributed by atoms with E-state index in [4.69, 9.17) is 16.6 Å². The second kappa shape index (κ2) is 5.59. The number of halogens is 1. The molecule has 4 aromatic rings. The Balaban J connectivity index is 1.64. The van der Waals surface area contributed by atoms with Gasteiger partial charge in [0.1, 0.15) is 0 Å². The molecule has 0 atom stereocenters. The van der Waals surface area contributed by atoms with E-state index in [0.29, 0.717) is 0 Å². The van der Waals surface area contributed by atoms with Crippen molar-refractivity contribution in [2.24, 2.45) is 0 Å². The highest BCUT2D eigenvalue weighted by Crippen LogP contribution is 2.25. The van der Waals surface area contributed by atoms with E-state index < -0.39 is 0 Å². The largest absolute Gasteiger partial charge is 0.297 e. The van der Waals surface area contributed by atoms with Crippen LogP contribution in [0.25, 0.3) is 16.2 Å². The number of rotatable bonds is 3. The van der Waals surface area contributed by atoms with E-state index in [0.717, 1.165) is 27.7 Å². The first-order chi connectivity index (χ1) is 10.8. The van der Waals surface area contributed by atoms with Gasteiger partial charge in [0.05, 0.1) is 5.69 Å². The fourth-order valence-corrected chi connectivity index (χ4v) is 3.73. The average molecular weight is 325 g/mol. The molecule has 0 N–H and O–H groups in total. The Morgan fingerprint density at radius 1 is 1.00 bits per heavy atom. The van der Waals surface area contributed by atoms with Gasteiger partial charge in [-0.15, -0.1) is 11.3 Å². The van der Waals surface area contributed by atoms with Crippen LogP contribution >= 0.6 is 22.9 Å². The van der Waals surface area contributed by atoms with Crippen molar-refractivity contribution in [3.05, 3.63) is 82.5 Å². The van der Waals surface area contributed by atoms with Crippen LogP contribution in [0.3, 0.4) is 0 Å². The number of aromatic nitrogens is 2. The number of thiazole rings is 1. The molecule has 108 valence electrons. The summed E-state index contributed by atoms with van der Waals surface area (Å²) in [7, 11) is 0. The third-order valence-corrected chi connectivity index (χ3v) is 4.77. The molecule has 0 saturated carbocycles. The van der Waals surface area contributed by atoms with Crippen molar-refractivity contribution >= 4 is 27.9 Å². The van der Waals surface area contributed by atoms with Gasteiger partial charge in [-0.05, 0) is 17.7 Å². The van der Waals surface area contributed by atoms with Crippen LogP contribution < -0.4 is 0 Å². The molecule has 2 heterocycles. The standard InChI is InChI=1S/C18H13ClN2S/c19-15-8-4-5-13(9-15)10-16-11-21-12-17(20-18(21)22-16)14-6-2-1-3-7-14/h1-9,11-12H,10H2. The Bertz CT molecular complexity index is 893. The first kappa shape index (κ1) is 13.6. The second-order valence-corrected chi connectivity index (χ2v) is 6.72. The normalized spacial score (nSPS) is 11.1. The van der Waals surface area contributed by atoms with Crippen molar-refractivity contribution < 1.29 is 0 Å². The van der Waals surface area contributed by atoms with Gasteiger partial charge < -0.3 is 0 Å². The van der Waals surface area contributed by atoms with Gasteiger partial charge in [-0.25, -0.2) is 4.98 Å². The van der Waals surface area contributed by atoms with Gasteiger partial charge in [0, 0.05) is 34.3 Å². The Morgan fingerprint density at radius 2 is 1.86 bits per heavy atom. The van der Waals surface area contributed by atoms with Crippen molar-refractivity contribution in [2.45, 2.75) is 6.42 Å². The lowest BCUT2D eigenvalue weighted by atomic mass is 10.1. The number of benzene rings is 2. The van der Waals surface area contributed by atoms with Crippen LogP contribution in [-0.4, -0.2) is 9.38 Å². The van der Waals surface area contributed by atoms with Crippen LogP contribution in [0.1, 0.15) is 10.4 Å². The minimum absolute atomic E-state index is 0.783. The molecule has 2 nitrogen and oxygen atoms in total. The maximum Gasteiger partial charge on any atom is 0.194 e. The van der Waals surface area contributed by atoms with Crippen LogP contribution in [0, 0.1) is 0 Å². The van der Waals surface area contributed by atoms with E-state index in [1.165, 1.54) is 10.4 Å². The van der Waals surface area contributed by atoms with Gasteiger partial charge in [0.2, 0.25) is 0 Å². The van der Waals surface area contributed by atoms with E-state index >= 15 is 0 Å². The van der Waals surface area contributed by atoms with Crippen LogP contribution in [0.2, 0.25) is 5.02 Å². The van der Waals surface area contributed by atoms with Crippen molar-refractivity contribution in [2.75, 3.05) is 0 Å². The number of nitrogens with zero attached hydrogens (tertiary/aromatic N) is 2. The summed E-state index contributed by atoms with van der Waals surface area (Å²) in [4.78, 5) is 7.02. The molecule has 2 aromatic heterocycles. The number of imidazole rings is 1. The van der Waals surface area contributed by atoms with Crippen LogP contribution in [-0.2, 0) is 6.42 Å². The molecule has 0 aliphatic rings. The molecule has 2 aromatic carbocycles. The van der Waals surface area contributed by atoms with Gasteiger partial charge in [0.25, 0.3) is 0 Å². The summed E-state index contributed by atoms with van der Waals surface area (Å²) in [6, 6.07) is 18.3. The lowest BCUT2D eigenvalue weighted by Gasteiger charge is -1.98. The summed E-state index contributed by atoms with van der Waals surface area (Å²) >= 11 is 7.77. The van der Waals surface area contributed by atoms with Gasteiger partial charge in [-0.3, -0.25) is 4.40 Å². The first-order valence-corrected chi connectivity index (χ1v) is 8.25. The lowest BCUT2D eigenvalue weighted by molar-refractivity contribution is 1.16. The highest BCUT2D eigenvalue weighted by atomic mass is 35.5. The number of hydrogen-bond acceptors (Lipinski definition) is 2. The first-order valence-electron chi connectivity index (χ1n) is 7.05. The second-order valence-electron chi connectivity index (χ2n) is 5.19.